The van der Waals surface area contributed by atoms with E-state index in [0.29, 0.717) is 47.8 Å². The Hall–Kier alpha value is -1.62. The number of rotatable bonds is 7. The number of alkyl halides is 1. The highest BCUT2D eigenvalue weighted by Gasteiger charge is 2.27. The SMILES string of the molecule is CCCc1c(C(=O)Cl)nn(-c2ccc(Cl)cc2Cl)c1/C(=C/C1=CC[C@](C)(F)CC1)CC. The Morgan fingerprint density at radius 1 is 1.32 bits per heavy atom. The zero-order valence-corrected chi connectivity index (χ0v) is 20.2. The van der Waals surface area contributed by atoms with Crippen molar-refractivity contribution >= 4 is 45.6 Å². The smallest absolute Gasteiger partial charge is 0.273 e. The molecule has 2 aromatic rings. The van der Waals surface area contributed by atoms with E-state index < -0.39 is 10.9 Å². The molecule has 3 rings (SSSR count). The summed E-state index contributed by atoms with van der Waals surface area (Å²) in [6.07, 6.45) is 7.77. The van der Waals surface area contributed by atoms with Gasteiger partial charge < -0.3 is 0 Å². The highest BCUT2D eigenvalue weighted by atomic mass is 35.5. The average molecular weight is 484 g/mol. The Bertz CT molecular complexity index is 1050. The van der Waals surface area contributed by atoms with Crippen LogP contribution < -0.4 is 0 Å². The van der Waals surface area contributed by atoms with Gasteiger partial charge in [-0.2, -0.15) is 5.10 Å². The molecule has 0 spiro atoms. The van der Waals surface area contributed by atoms with Crippen molar-refractivity contribution in [2.75, 3.05) is 0 Å². The first-order valence-corrected chi connectivity index (χ1v) is 11.7. The molecule has 1 aromatic carbocycles. The molecule has 0 amide bonds. The van der Waals surface area contributed by atoms with Gasteiger partial charge in [0.1, 0.15) is 11.4 Å². The van der Waals surface area contributed by atoms with E-state index in [2.05, 4.69) is 11.2 Å². The van der Waals surface area contributed by atoms with Crippen molar-refractivity contribution < 1.29 is 9.18 Å². The van der Waals surface area contributed by atoms with Gasteiger partial charge >= 0.3 is 0 Å². The molecule has 7 heteroatoms. The minimum absolute atomic E-state index is 0.234. The second-order valence-electron chi connectivity index (χ2n) is 8.13. The Labute approximate surface area is 197 Å². The number of carbonyl (C=O) groups is 1. The monoisotopic (exact) mass is 482 g/mol. The molecule has 0 aliphatic heterocycles. The van der Waals surface area contributed by atoms with Crippen LogP contribution in [0.3, 0.4) is 0 Å². The van der Waals surface area contributed by atoms with Gasteiger partial charge in [-0.15, -0.1) is 0 Å². The molecule has 1 heterocycles. The summed E-state index contributed by atoms with van der Waals surface area (Å²) in [4.78, 5) is 12.2. The van der Waals surface area contributed by atoms with Gasteiger partial charge in [0.15, 0.2) is 0 Å². The van der Waals surface area contributed by atoms with Crippen LogP contribution >= 0.6 is 34.8 Å². The van der Waals surface area contributed by atoms with E-state index in [1.807, 2.05) is 19.9 Å². The van der Waals surface area contributed by atoms with Crippen LogP contribution in [0.2, 0.25) is 10.0 Å². The van der Waals surface area contributed by atoms with Gasteiger partial charge in [0.25, 0.3) is 5.24 Å². The molecule has 0 radical (unpaired) electrons. The molecule has 0 unspecified atom stereocenters. The summed E-state index contributed by atoms with van der Waals surface area (Å²) in [5.41, 5.74) is 3.39. The molecule has 0 saturated carbocycles. The molecule has 166 valence electrons. The molecular weight excluding hydrogens is 458 g/mol. The van der Waals surface area contributed by atoms with Crippen LogP contribution in [0.1, 0.15) is 74.6 Å². The lowest BCUT2D eigenvalue weighted by atomic mass is 9.87. The summed E-state index contributed by atoms with van der Waals surface area (Å²) in [6.45, 7) is 5.73. The van der Waals surface area contributed by atoms with Crippen molar-refractivity contribution in [1.82, 2.24) is 9.78 Å². The molecule has 1 atom stereocenters. The third kappa shape index (κ3) is 5.42. The second-order valence-corrected chi connectivity index (χ2v) is 9.31. The Morgan fingerprint density at radius 2 is 2.06 bits per heavy atom. The molecule has 1 aromatic heterocycles. The number of benzene rings is 1. The highest BCUT2D eigenvalue weighted by Crippen LogP contribution is 2.36. The predicted octanol–water partition coefficient (Wildman–Crippen LogP) is 8.14. The van der Waals surface area contributed by atoms with Crippen LogP contribution in [0.25, 0.3) is 11.3 Å². The molecule has 0 fully saturated rings. The lowest BCUT2D eigenvalue weighted by molar-refractivity contribution is 0.107. The molecule has 1 aliphatic carbocycles. The van der Waals surface area contributed by atoms with Crippen molar-refractivity contribution in [3.05, 3.63) is 62.9 Å². The molecule has 31 heavy (non-hydrogen) atoms. The summed E-state index contributed by atoms with van der Waals surface area (Å²) in [6, 6.07) is 5.16. The highest BCUT2D eigenvalue weighted by molar-refractivity contribution is 6.67. The zero-order valence-electron chi connectivity index (χ0n) is 17.9. The molecule has 3 nitrogen and oxygen atoms in total. The summed E-state index contributed by atoms with van der Waals surface area (Å²) in [5.74, 6) is 0. The summed E-state index contributed by atoms with van der Waals surface area (Å²) in [5, 5.41) is 4.89. The fraction of sp³-hybridized carbons (Fsp3) is 0.417. The molecular formula is C24H26Cl3FN2O. The number of hydrogen-bond donors (Lipinski definition) is 0. The first kappa shape index (κ1) is 24.0. The van der Waals surface area contributed by atoms with Gasteiger partial charge in [0.05, 0.1) is 16.4 Å². The van der Waals surface area contributed by atoms with Crippen molar-refractivity contribution in [3.63, 3.8) is 0 Å². The van der Waals surface area contributed by atoms with Gasteiger partial charge in [-0.05, 0) is 74.4 Å². The molecule has 0 N–H and O–H groups in total. The lowest BCUT2D eigenvalue weighted by Crippen LogP contribution is -2.20. The van der Waals surface area contributed by atoms with Crippen molar-refractivity contribution in [3.8, 4) is 5.69 Å². The van der Waals surface area contributed by atoms with Crippen LogP contribution in [0.4, 0.5) is 4.39 Å². The van der Waals surface area contributed by atoms with Gasteiger partial charge in [0, 0.05) is 10.6 Å². The first-order chi connectivity index (χ1) is 14.7. The van der Waals surface area contributed by atoms with Crippen molar-refractivity contribution in [2.24, 2.45) is 0 Å². The van der Waals surface area contributed by atoms with E-state index in [1.165, 1.54) is 0 Å². The molecule has 0 saturated heterocycles. The predicted molar refractivity (Wildman–Crippen MR) is 127 cm³/mol. The Kier molecular flexibility index (Phi) is 7.67. The maximum absolute atomic E-state index is 14.2. The largest absolute Gasteiger partial charge is 0.274 e. The van der Waals surface area contributed by atoms with Crippen LogP contribution in [0, 0.1) is 0 Å². The van der Waals surface area contributed by atoms with Gasteiger partial charge in [-0.1, -0.05) is 61.2 Å². The lowest BCUT2D eigenvalue weighted by Gasteiger charge is -2.24. The maximum atomic E-state index is 14.2. The summed E-state index contributed by atoms with van der Waals surface area (Å²) >= 11 is 18.5. The fourth-order valence-electron chi connectivity index (χ4n) is 3.90. The van der Waals surface area contributed by atoms with Gasteiger partial charge in [-0.25, -0.2) is 9.07 Å². The van der Waals surface area contributed by atoms with E-state index >= 15 is 0 Å². The van der Waals surface area contributed by atoms with Crippen LogP contribution in [-0.2, 0) is 6.42 Å². The van der Waals surface area contributed by atoms with Crippen molar-refractivity contribution in [1.29, 1.82) is 0 Å². The minimum atomic E-state index is -1.16. The maximum Gasteiger partial charge on any atom is 0.273 e. The first-order valence-electron chi connectivity index (χ1n) is 10.5. The quantitative estimate of drug-likeness (QED) is 0.372. The topological polar surface area (TPSA) is 34.9 Å². The van der Waals surface area contributed by atoms with E-state index in [0.717, 1.165) is 28.8 Å². The van der Waals surface area contributed by atoms with E-state index in [-0.39, 0.29) is 5.69 Å². The van der Waals surface area contributed by atoms with Crippen LogP contribution in [-0.4, -0.2) is 20.7 Å². The number of carbonyl (C=O) groups excluding carboxylic acids is 1. The number of nitrogens with zero attached hydrogens (tertiary/aromatic N) is 2. The molecule has 0 bridgehead atoms. The van der Waals surface area contributed by atoms with Crippen LogP contribution in [0.15, 0.2) is 35.9 Å². The summed E-state index contributed by atoms with van der Waals surface area (Å²) in [7, 11) is 0. The van der Waals surface area contributed by atoms with E-state index in [1.54, 1.807) is 29.8 Å². The molecule has 1 aliphatic rings. The number of allylic oxidation sites excluding steroid dienone is 4. The Balaban J connectivity index is 2.23. The normalized spacial score (nSPS) is 19.5. The number of hydrogen-bond acceptors (Lipinski definition) is 2. The van der Waals surface area contributed by atoms with Gasteiger partial charge in [0.2, 0.25) is 0 Å². The third-order valence-corrected chi connectivity index (χ3v) is 6.29. The van der Waals surface area contributed by atoms with E-state index in [9.17, 15) is 9.18 Å². The number of halogens is 4. The minimum Gasteiger partial charge on any atom is -0.274 e. The second kappa shape index (κ2) is 9.89. The van der Waals surface area contributed by atoms with Crippen molar-refractivity contribution in [2.45, 2.75) is 65.0 Å². The third-order valence-electron chi connectivity index (χ3n) is 5.58. The number of aromatic nitrogens is 2. The van der Waals surface area contributed by atoms with Gasteiger partial charge in [-0.3, -0.25) is 4.79 Å². The summed E-state index contributed by atoms with van der Waals surface area (Å²) < 4.78 is 15.9. The van der Waals surface area contributed by atoms with E-state index in [4.69, 9.17) is 34.8 Å². The van der Waals surface area contributed by atoms with Crippen LogP contribution in [0.5, 0.6) is 0 Å². The Morgan fingerprint density at radius 3 is 2.61 bits per heavy atom. The fourth-order valence-corrected chi connectivity index (χ4v) is 4.54. The average Bonchev–Trinajstić information content (AvgIpc) is 3.07. The standard InChI is InChI=1S/C24H26Cl3FN2O/c1-4-6-18-21(23(27)31)29-30(20-8-7-17(25)14-19(20)26)22(18)16(5-2)13-15-9-11-24(3,28)12-10-15/h7-9,13-14H,4-6,10-12H2,1-3H3/b16-13+/t24-/m0/s1. The zero-order chi connectivity index (χ0) is 22.8.